The predicted molar refractivity (Wildman–Crippen MR) is 98.9 cm³/mol. The Morgan fingerprint density at radius 1 is 1.08 bits per heavy atom. The van der Waals surface area contributed by atoms with Crippen molar-refractivity contribution < 1.29 is 14.3 Å². The molecule has 0 aliphatic heterocycles. The predicted octanol–water partition coefficient (Wildman–Crippen LogP) is 3.59. The Kier molecular flexibility index (Phi) is 6.80. The van der Waals surface area contributed by atoms with Crippen molar-refractivity contribution in [2.75, 3.05) is 31.4 Å². The molecule has 2 N–H and O–H groups in total. The van der Waals surface area contributed by atoms with Crippen LogP contribution in [0, 0.1) is 0 Å². The zero-order valence-electron chi connectivity index (χ0n) is 14.1. The van der Waals surface area contributed by atoms with Gasteiger partial charge in [0.1, 0.15) is 6.61 Å². The summed E-state index contributed by atoms with van der Waals surface area (Å²) in [6.07, 6.45) is 0. The monoisotopic (exact) mass is 361 g/mol. The number of nitrogens with one attached hydrogen (secondary N) is 2. The summed E-state index contributed by atoms with van der Waals surface area (Å²) in [6, 6.07) is 14.0. The third-order valence-corrected chi connectivity index (χ3v) is 3.75. The van der Waals surface area contributed by atoms with E-state index in [1.54, 1.807) is 37.4 Å². The quantitative estimate of drug-likeness (QED) is 0.826. The van der Waals surface area contributed by atoms with E-state index in [0.29, 0.717) is 22.9 Å². The minimum atomic E-state index is -0.278. The van der Waals surface area contributed by atoms with Gasteiger partial charge in [-0.1, -0.05) is 35.9 Å². The molecule has 25 heavy (non-hydrogen) atoms. The molecule has 2 aromatic carbocycles. The first-order chi connectivity index (χ1) is 12.0. The Labute approximate surface area is 151 Å². The molecular formula is C18H20ClN3O3. The van der Waals surface area contributed by atoms with E-state index >= 15 is 0 Å². The molecule has 0 atom stereocenters. The lowest BCUT2D eigenvalue weighted by molar-refractivity contribution is -0.119. The smallest absolute Gasteiger partial charge is 0.321 e. The molecule has 3 amide bonds. The van der Waals surface area contributed by atoms with E-state index in [2.05, 4.69) is 10.6 Å². The molecule has 6 nitrogen and oxygen atoms in total. The van der Waals surface area contributed by atoms with Gasteiger partial charge in [0.2, 0.25) is 5.91 Å². The number of hydrogen-bond acceptors (Lipinski definition) is 3. The van der Waals surface area contributed by atoms with Gasteiger partial charge in [-0.2, -0.15) is 0 Å². The van der Waals surface area contributed by atoms with Crippen LogP contribution in [0.1, 0.15) is 5.56 Å². The Morgan fingerprint density at radius 2 is 1.76 bits per heavy atom. The second-order valence-electron chi connectivity index (χ2n) is 5.44. The fourth-order valence-corrected chi connectivity index (χ4v) is 2.37. The molecule has 132 valence electrons. The van der Waals surface area contributed by atoms with Crippen LogP contribution in [0.4, 0.5) is 16.2 Å². The first-order valence-electron chi connectivity index (χ1n) is 7.64. The van der Waals surface area contributed by atoms with Crippen LogP contribution in [-0.4, -0.2) is 37.6 Å². The molecule has 0 bridgehead atoms. The average Bonchev–Trinajstić information content (AvgIpc) is 2.57. The molecule has 0 saturated heterocycles. The number of amides is 3. The van der Waals surface area contributed by atoms with Crippen LogP contribution in [0.3, 0.4) is 0 Å². The van der Waals surface area contributed by atoms with E-state index in [-0.39, 0.29) is 18.5 Å². The Morgan fingerprint density at radius 3 is 2.44 bits per heavy atom. The van der Waals surface area contributed by atoms with Crippen LogP contribution in [0.25, 0.3) is 0 Å². The van der Waals surface area contributed by atoms with Crippen LogP contribution >= 0.6 is 11.6 Å². The zero-order chi connectivity index (χ0) is 18.2. The Hall–Kier alpha value is -2.57. The maximum absolute atomic E-state index is 12.3. The summed E-state index contributed by atoms with van der Waals surface area (Å²) in [5.74, 6) is -0.262. The summed E-state index contributed by atoms with van der Waals surface area (Å²) in [6.45, 7) is 0.354. The van der Waals surface area contributed by atoms with Crippen molar-refractivity contribution in [2.24, 2.45) is 0 Å². The van der Waals surface area contributed by atoms with Crippen molar-refractivity contribution in [3.8, 4) is 0 Å². The summed E-state index contributed by atoms with van der Waals surface area (Å²) in [7, 11) is 3.13. The van der Waals surface area contributed by atoms with E-state index < -0.39 is 0 Å². The highest BCUT2D eigenvalue weighted by Crippen LogP contribution is 2.18. The summed E-state index contributed by atoms with van der Waals surface area (Å²) >= 11 is 6.12. The highest BCUT2D eigenvalue weighted by molar-refractivity contribution is 6.31. The fourth-order valence-electron chi connectivity index (χ4n) is 2.18. The van der Waals surface area contributed by atoms with Gasteiger partial charge in [0.05, 0.1) is 0 Å². The normalized spacial score (nSPS) is 10.2. The van der Waals surface area contributed by atoms with Crippen molar-refractivity contribution >= 4 is 34.9 Å². The number of methoxy groups -OCH3 is 1. The van der Waals surface area contributed by atoms with E-state index in [9.17, 15) is 9.59 Å². The minimum Gasteiger partial charge on any atom is -0.375 e. The van der Waals surface area contributed by atoms with Gasteiger partial charge < -0.3 is 20.3 Å². The molecule has 0 heterocycles. The molecule has 0 aromatic heterocycles. The maximum atomic E-state index is 12.3. The van der Waals surface area contributed by atoms with Gasteiger partial charge in [-0.15, -0.1) is 0 Å². The molecule has 2 aromatic rings. The van der Waals surface area contributed by atoms with E-state index in [4.69, 9.17) is 16.3 Å². The van der Waals surface area contributed by atoms with Crippen molar-refractivity contribution in [3.05, 3.63) is 59.1 Å². The number of ether oxygens (including phenoxy) is 1. The standard InChI is InChI=1S/C18H20ClN3O3/c1-22(11-13-6-3-4-9-16(13)19)18(24)21-15-8-5-7-14(10-15)20-17(23)12-25-2/h3-10H,11-12H2,1-2H3,(H,20,23)(H,21,24). The molecule has 0 spiro atoms. The molecule has 0 aliphatic rings. The topological polar surface area (TPSA) is 70.7 Å². The number of urea groups is 1. The summed E-state index contributed by atoms with van der Waals surface area (Å²) in [5.41, 5.74) is 2.02. The molecule has 0 aliphatic carbocycles. The van der Waals surface area contributed by atoms with Crippen LogP contribution in [0.2, 0.25) is 5.02 Å². The number of nitrogens with zero attached hydrogens (tertiary/aromatic N) is 1. The van der Waals surface area contributed by atoms with Crippen molar-refractivity contribution in [1.82, 2.24) is 4.90 Å². The molecular weight excluding hydrogens is 342 g/mol. The Bertz CT molecular complexity index is 752. The number of anilines is 2. The maximum Gasteiger partial charge on any atom is 0.321 e. The first-order valence-corrected chi connectivity index (χ1v) is 8.01. The molecule has 0 fully saturated rings. The van der Waals surface area contributed by atoms with Gasteiger partial charge in [-0.3, -0.25) is 4.79 Å². The summed E-state index contributed by atoms with van der Waals surface area (Å²) in [4.78, 5) is 25.4. The lowest BCUT2D eigenvalue weighted by Crippen LogP contribution is -2.31. The van der Waals surface area contributed by atoms with Gasteiger partial charge in [-0.25, -0.2) is 4.79 Å². The summed E-state index contributed by atoms with van der Waals surface area (Å²) < 4.78 is 4.77. The van der Waals surface area contributed by atoms with E-state index in [1.807, 2.05) is 18.2 Å². The molecule has 7 heteroatoms. The zero-order valence-corrected chi connectivity index (χ0v) is 14.8. The van der Waals surface area contributed by atoms with Gasteiger partial charge >= 0.3 is 6.03 Å². The molecule has 0 radical (unpaired) electrons. The van der Waals surface area contributed by atoms with Gasteiger partial charge in [0.25, 0.3) is 0 Å². The second kappa shape index (κ2) is 9.05. The summed E-state index contributed by atoms with van der Waals surface area (Å²) in [5, 5.41) is 6.09. The lowest BCUT2D eigenvalue weighted by Gasteiger charge is -2.19. The molecule has 0 saturated carbocycles. The SMILES string of the molecule is COCC(=O)Nc1cccc(NC(=O)N(C)Cc2ccccc2Cl)c1. The minimum absolute atomic E-state index is 0.0306. The van der Waals surface area contributed by atoms with Gasteiger partial charge in [0, 0.05) is 37.1 Å². The van der Waals surface area contributed by atoms with Crippen molar-refractivity contribution in [3.63, 3.8) is 0 Å². The number of carbonyl (C=O) groups excluding carboxylic acids is 2. The van der Waals surface area contributed by atoms with Crippen LogP contribution in [0.5, 0.6) is 0 Å². The largest absolute Gasteiger partial charge is 0.375 e. The number of hydrogen-bond donors (Lipinski definition) is 2. The van der Waals surface area contributed by atoms with Crippen LogP contribution in [-0.2, 0) is 16.1 Å². The van der Waals surface area contributed by atoms with Crippen LogP contribution < -0.4 is 10.6 Å². The lowest BCUT2D eigenvalue weighted by atomic mass is 10.2. The number of halogens is 1. The van der Waals surface area contributed by atoms with Gasteiger partial charge in [-0.05, 0) is 29.8 Å². The van der Waals surface area contributed by atoms with Crippen LogP contribution in [0.15, 0.2) is 48.5 Å². The first kappa shape index (κ1) is 18.8. The number of carbonyl (C=O) groups is 2. The fraction of sp³-hybridized carbons (Fsp3) is 0.222. The average molecular weight is 362 g/mol. The van der Waals surface area contributed by atoms with Crippen molar-refractivity contribution in [2.45, 2.75) is 6.54 Å². The van der Waals surface area contributed by atoms with E-state index in [1.165, 1.54) is 12.0 Å². The highest BCUT2D eigenvalue weighted by Gasteiger charge is 2.11. The highest BCUT2D eigenvalue weighted by atomic mass is 35.5. The van der Waals surface area contributed by atoms with Gasteiger partial charge in [0.15, 0.2) is 0 Å². The third kappa shape index (κ3) is 5.77. The van der Waals surface area contributed by atoms with E-state index in [0.717, 1.165) is 5.56 Å². The van der Waals surface area contributed by atoms with Crippen molar-refractivity contribution in [1.29, 1.82) is 0 Å². The number of rotatable bonds is 6. The molecule has 2 rings (SSSR count). The molecule has 0 unspecified atom stereocenters. The number of benzene rings is 2. The second-order valence-corrected chi connectivity index (χ2v) is 5.85. The Balaban J connectivity index is 1.97. The third-order valence-electron chi connectivity index (χ3n) is 3.39.